The summed E-state index contributed by atoms with van der Waals surface area (Å²) in [4.78, 5) is 0. The molecule has 3 aromatic rings. The van der Waals surface area contributed by atoms with Crippen LogP contribution in [0.2, 0.25) is 0 Å². The van der Waals surface area contributed by atoms with Crippen LogP contribution >= 0.6 is 0 Å². The molecular formula is C30H41NaO. The smallest absolute Gasteiger partial charge is 1.00 e. The third kappa shape index (κ3) is 14.5. The molecule has 0 amide bonds. The van der Waals surface area contributed by atoms with Gasteiger partial charge in [0.2, 0.25) is 0 Å². The quantitative estimate of drug-likeness (QED) is 0.211. The van der Waals surface area contributed by atoms with Crippen molar-refractivity contribution < 1.29 is 35.7 Å². The molecule has 0 heterocycles. The minimum atomic E-state index is 0. The first-order valence-electron chi connectivity index (χ1n) is 12.2. The minimum absolute atomic E-state index is 0. The van der Waals surface area contributed by atoms with E-state index in [4.69, 9.17) is 4.74 Å². The van der Waals surface area contributed by atoms with Crippen LogP contribution in [0.25, 0.3) is 0 Å². The van der Waals surface area contributed by atoms with E-state index in [0.29, 0.717) is 0 Å². The van der Waals surface area contributed by atoms with Gasteiger partial charge in [-0.2, -0.15) is 0 Å². The fraction of sp³-hybridized carbons (Fsp3) is 0.400. The van der Waals surface area contributed by atoms with Crippen molar-refractivity contribution in [2.45, 2.75) is 77.6 Å². The Bertz CT molecular complexity index is 728. The third-order valence-electron chi connectivity index (χ3n) is 5.38. The summed E-state index contributed by atoms with van der Waals surface area (Å²) in [5.41, 5.74) is 1.50. The maximum Gasteiger partial charge on any atom is 1.00 e. The van der Waals surface area contributed by atoms with Crippen LogP contribution in [0, 0.1) is 0 Å². The van der Waals surface area contributed by atoms with Crippen LogP contribution in [0.4, 0.5) is 0 Å². The van der Waals surface area contributed by atoms with Crippen molar-refractivity contribution in [1.82, 2.24) is 0 Å². The van der Waals surface area contributed by atoms with Gasteiger partial charge in [-0.05, 0) is 42.7 Å². The summed E-state index contributed by atoms with van der Waals surface area (Å²) in [6, 6.07) is 30.4. The predicted molar refractivity (Wildman–Crippen MR) is 136 cm³/mol. The van der Waals surface area contributed by atoms with Crippen LogP contribution in [0.3, 0.4) is 0 Å². The van der Waals surface area contributed by atoms with E-state index in [9.17, 15) is 0 Å². The van der Waals surface area contributed by atoms with E-state index >= 15 is 0 Å². The number of para-hydroxylation sites is 2. The molecule has 32 heavy (non-hydrogen) atoms. The Morgan fingerprint density at radius 1 is 0.500 bits per heavy atom. The van der Waals surface area contributed by atoms with Gasteiger partial charge in [0.1, 0.15) is 11.5 Å². The minimum Gasteiger partial charge on any atom is -1.00 e. The second-order valence-corrected chi connectivity index (χ2v) is 8.15. The molecule has 2 heteroatoms. The molecule has 1 nitrogen and oxygen atoms in total. The second-order valence-electron chi connectivity index (χ2n) is 8.15. The number of benzene rings is 3. The van der Waals surface area contributed by atoms with Crippen LogP contribution in [-0.2, 0) is 6.42 Å². The summed E-state index contributed by atoms with van der Waals surface area (Å²) in [5.74, 6) is 1.74. The molecule has 0 atom stereocenters. The van der Waals surface area contributed by atoms with Crippen LogP contribution in [0.1, 0.15) is 78.1 Å². The molecule has 0 saturated heterocycles. The molecule has 0 unspecified atom stereocenters. The SMILES string of the molecule is CCCCCCCCCCCCc1ccccc1.[H-].[Na+].c1ccc(Oc2ccccc2)cc1. The standard InChI is InChI=1S/C18H30.C12H10O.Na.H/c1-2-3-4-5-6-7-8-9-10-12-15-18-16-13-11-14-17-18;1-3-7-11(8-4-1)13-12-9-5-2-6-10-12;;/h11,13-14,16-17H,2-10,12,15H2,1H3;1-10H;;/q;;+1;-1. The predicted octanol–water partition coefficient (Wildman–Crippen LogP) is 6.75. The zero-order valence-corrected chi connectivity index (χ0v) is 22.3. The molecule has 3 aromatic carbocycles. The molecular weight excluding hydrogens is 399 g/mol. The topological polar surface area (TPSA) is 9.23 Å². The van der Waals surface area contributed by atoms with Gasteiger partial charge in [0.05, 0.1) is 0 Å². The zero-order chi connectivity index (χ0) is 21.8. The maximum absolute atomic E-state index is 5.58. The molecule has 0 N–H and O–H groups in total. The fourth-order valence-electron chi connectivity index (χ4n) is 3.57. The van der Waals surface area contributed by atoms with Gasteiger partial charge in [0.25, 0.3) is 0 Å². The number of hydrogen-bond acceptors (Lipinski definition) is 1. The van der Waals surface area contributed by atoms with E-state index in [1.807, 2.05) is 60.7 Å². The van der Waals surface area contributed by atoms with E-state index in [1.54, 1.807) is 0 Å². The van der Waals surface area contributed by atoms with Gasteiger partial charge in [-0.1, -0.05) is 131 Å². The molecule has 0 aliphatic heterocycles. The number of aryl methyl sites for hydroxylation is 1. The summed E-state index contributed by atoms with van der Waals surface area (Å²) in [6.07, 6.45) is 15.5. The Hall–Kier alpha value is -1.54. The molecule has 0 aliphatic rings. The molecule has 0 saturated carbocycles. The Kier molecular flexibility index (Phi) is 17.9. The third-order valence-corrected chi connectivity index (χ3v) is 5.38. The molecule has 168 valence electrons. The van der Waals surface area contributed by atoms with Crippen molar-refractivity contribution in [2.75, 3.05) is 0 Å². The number of unbranched alkanes of at least 4 members (excludes halogenated alkanes) is 9. The summed E-state index contributed by atoms with van der Waals surface area (Å²) < 4.78 is 5.58. The van der Waals surface area contributed by atoms with E-state index in [0.717, 1.165) is 11.5 Å². The van der Waals surface area contributed by atoms with Crippen molar-refractivity contribution in [2.24, 2.45) is 0 Å². The Labute approximate surface area is 220 Å². The summed E-state index contributed by atoms with van der Waals surface area (Å²) in [6.45, 7) is 2.28. The fourth-order valence-corrected chi connectivity index (χ4v) is 3.57. The second kappa shape index (κ2) is 20.1. The summed E-state index contributed by atoms with van der Waals surface area (Å²) in [7, 11) is 0. The van der Waals surface area contributed by atoms with Crippen LogP contribution in [-0.4, -0.2) is 0 Å². The first-order chi connectivity index (χ1) is 15.4. The number of hydrogen-bond donors (Lipinski definition) is 0. The van der Waals surface area contributed by atoms with Crippen molar-refractivity contribution in [3.63, 3.8) is 0 Å². The van der Waals surface area contributed by atoms with E-state index in [1.165, 1.54) is 76.2 Å². The van der Waals surface area contributed by atoms with E-state index in [-0.39, 0.29) is 31.0 Å². The largest absolute Gasteiger partial charge is 1.00 e. The zero-order valence-electron chi connectivity index (χ0n) is 21.3. The first kappa shape index (κ1) is 28.5. The Morgan fingerprint density at radius 3 is 1.31 bits per heavy atom. The molecule has 0 aliphatic carbocycles. The van der Waals surface area contributed by atoms with Crippen molar-refractivity contribution in [3.05, 3.63) is 96.6 Å². The molecule has 0 radical (unpaired) electrons. The Balaban J connectivity index is 0.000000608. The molecule has 0 aromatic heterocycles. The van der Waals surface area contributed by atoms with Gasteiger partial charge in [0.15, 0.2) is 0 Å². The van der Waals surface area contributed by atoms with Crippen molar-refractivity contribution in [3.8, 4) is 11.5 Å². The summed E-state index contributed by atoms with van der Waals surface area (Å²) >= 11 is 0. The van der Waals surface area contributed by atoms with Crippen LogP contribution < -0.4 is 34.3 Å². The monoisotopic (exact) mass is 440 g/mol. The van der Waals surface area contributed by atoms with Crippen LogP contribution in [0.15, 0.2) is 91.0 Å². The van der Waals surface area contributed by atoms with Gasteiger partial charge in [-0.3, -0.25) is 0 Å². The average Bonchev–Trinajstić information content (AvgIpc) is 2.83. The molecule has 0 spiro atoms. The number of ether oxygens (including phenoxy) is 1. The van der Waals surface area contributed by atoms with Gasteiger partial charge in [-0.15, -0.1) is 0 Å². The van der Waals surface area contributed by atoms with Crippen molar-refractivity contribution in [1.29, 1.82) is 0 Å². The van der Waals surface area contributed by atoms with Gasteiger partial charge >= 0.3 is 29.6 Å². The van der Waals surface area contributed by atoms with Gasteiger partial charge in [0, 0.05) is 0 Å². The van der Waals surface area contributed by atoms with Crippen LogP contribution in [0.5, 0.6) is 11.5 Å². The van der Waals surface area contributed by atoms with Gasteiger partial charge < -0.3 is 6.16 Å². The molecule has 0 bridgehead atoms. The number of rotatable bonds is 13. The summed E-state index contributed by atoms with van der Waals surface area (Å²) in [5, 5.41) is 0. The normalized spacial score (nSPS) is 9.91. The first-order valence-corrected chi connectivity index (χ1v) is 12.2. The van der Waals surface area contributed by atoms with Gasteiger partial charge in [-0.25, -0.2) is 0 Å². The van der Waals surface area contributed by atoms with E-state index < -0.39 is 0 Å². The maximum atomic E-state index is 5.58. The molecule has 3 rings (SSSR count). The van der Waals surface area contributed by atoms with E-state index in [2.05, 4.69) is 37.3 Å². The average molecular weight is 441 g/mol. The molecule has 0 fully saturated rings. The van der Waals surface area contributed by atoms with Crippen molar-refractivity contribution >= 4 is 0 Å². The Morgan fingerprint density at radius 2 is 0.875 bits per heavy atom.